The first-order valence-corrected chi connectivity index (χ1v) is 9.42. The third-order valence-electron chi connectivity index (χ3n) is 4.41. The molecule has 0 amide bonds. The molecule has 2 aromatic carbocycles. The number of rotatable bonds is 6. The van der Waals surface area contributed by atoms with E-state index in [1.54, 1.807) is 6.07 Å². The van der Waals surface area contributed by atoms with E-state index in [0.29, 0.717) is 10.0 Å². The summed E-state index contributed by atoms with van der Waals surface area (Å²) >= 11 is 12.4. The van der Waals surface area contributed by atoms with Crippen LogP contribution in [0.5, 0.6) is 0 Å². The Morgan fingerprint density at radius 2 is 1.92 bits per heavy atom. The molecule has 0 N–H and O–H groups in total. The lowest BCUT2D eigenvalue weighted by atomic mass is 10.0. The Hall–Kier alpha value is -1.77. The number of fused-ring (bicyclic) bond motifs is 1. The third kappa shape index (κ3) is 3.91. The summed E-state index contributed by atoms with van der Waals surface area (Å²) in [7, 11) is 2.00. The molecular formula is C21H22Cl2N2. The number of aromatic nitrogens is 2. The predicted molar refractivity (Wildman–Crippen MR) is 109 cm³/mol. The molecule has 4 heteroatoms. The Kier molecular flexibility index (Phi) is 5.82. The Morgan fingerprint density at radius 1 is 1.08 bits per heavy atom. The third-order valence-corrected chi connectivity index (χ3v) is 4.96. The standard InChI is InChI=1S/C21H22Cl2N2/c1-3-4-5-6-7-11-20-18-10-8-9-17(21(18)24-25(20)2)16-13-12-15(22)14-19(16)23/h6-10,12-14H,3-5,11H2,1-2H3. The maximum absolute atomic E-state index is 6.41. The fourth-order valence-corrected chi connectivity index (χ4v) is 3.58. The monoisotopic (exact) mass is 372 g/mol. The van der Waals surface area contributed by atoms with Gasteiger partial charge >= 0.3 is 0 Å². The smallest absolute Gasteiger partial charge is 0.100 e. The van der Waals surface area contributed by atoms with Gasteiger partial charge in [0, 0.05) is 45.7 Å². The normalized spacial score (nSPS) is 11.7. The minimum Gasteiger partial charge on any atom is -0.271 e. The largest absolute Gasteiger partial charge is 0.271 e. The van der Waals surface area contributed by atoms with Gasteiger partial charge in [0.25, 0.3) is 0 Å². The van der Waals surface area contributed by atoms with Crippen LogP contribution in [-0.4, -0.2) is 9.78 Å². The number of aryl methyl sites for hydroxylation is 1. The van der Waals surface area contributed by atoms with Crippen molar-refractivity contribution in [3.8, 4) is 11.1 Å². The van der Waals surface area contributed by atoms with Crippen LogP contribution in [0.2, 0.25) is 10.0 Å². The molecule has 0 aliphatic rings. The molecule has 0 saturated heterocycles. The van der Waals surface area contributed by atoms with Crippen LogP contribution in [0.4, 0.5) is 0 Å². The highest BCUT2D eigenvalue weighted by Gasteiger charge is 2.14. The van der Waals surface area contributed by atoms with E-state index in [1.807, 2.05) is 23.9 Å². The Morgan fingerprint density at radius 3 is 2.68 bits per heavy atom. The van der Waals surface area contributed by atoms with Crippen molar-refractivity contribution in [2.45, 2.75) is 32.6 Å². The van der Waals surface area contributed by atoms with Crippen LogP contribution >= 0.6 is 23.2 Å². The maximum atomic E-state index is 6.41. The molecular weight excluding hydrogens is 351 g/mol. The van der Waals surface area contributed by atoms with E-state index in [0.717, 1.165) is 29.5 Å². The Labute approximate surface area is 159 Å². The summed E-state index contributed by atoms with van der Waals surface area (Å²) in [5.74, 6) is 0. The zero-order valence-corrected chi connectivity index (χ0v) is 16.1. The number of benzene rings is 2. The topological polar surface area (TPSA) is 17.8 Å². The molecule has 2 nitrogen and oxygen atoms in total. The van der Waals surface area contributed by atoms with Crippen LogP contribution in [-0.2, 0) is 13.5 Å². The van der Waals surface area contributed by atoms with Crippen molar-refractivity contribution < 1.29 is 0 Å². The first-order chi connectivity index (χ1) is 12.1. The van der Waals surface area contributed by atoms with Gasteiger partial charge in [-0.05, 0) is 18.6 Å². The average Bonchev–Trinajstić information content (AvgIpc) is 2.91. The highest BCUT2D eigenvalue weighted by Crippen LogP contribution is 2.35. The molecule has 0 fully saturated rings. The lowest BCUT2D eigenvalue weighted by Gasteiger charge is -2.06. The van der Waals surface area contributed by atoms with Gasteiger partial charge < -0.3 is 0 Å². The van der Waals surface area contributed by atoms with Crippen molar-refractivity contribution in [3.63, 3.8) is 0 Å². The summed E-state index contributed by atoms with van der Waals surface area (Å²) in [6, 6.07) is 11.8. The Bertz CT molecular complexity index is 910. The molecule has 25 heavy (non-hydrogen) atoms. The zero-order chi connectivity index (χ0) is 17.8. The first-order valence-electron chi connectivity index (χ1n) is 8.66. The predicted octanol–water partition coefficient (Wildman–Crippen LogP) is 6.84. The molecule has 3 aromatic rings. The highest BCUT2D eigenvalue weighted by molar-refractivity contribution is 6.36. The first kappa shape index (κ1) is 18.0. The van der Waals surface area contributed by atoms with Gasteiger partial charge in [-0.3, -0.25) is 4.68 Å². The van der Waals surface area contributed by atoms with E-state index in [-0.39, 0.29) is 0 Å². The number of hydrogen-bond donors (Lipinski definition) is 0. The van der Waals surface area contributed by atoms with E-state index in [1.165, 1.54) is 23.9 Å². The lowest BCUT2D eigenvalue weighted by Crippen LogP contribution is -1.96. The van der Waals surface area contributed by atoms with E-state index in [2.05, 4.69) is 37.3 Å². The van der Waals surface area contributed by atoms with Crippen LogP contribution in [0.3, 0.4) is 0 Å². The molecule has 3 rings (SSSR count). The van der Waals surface area contributed by atoms with E-state index < -0.39 is 0 Å². The number of hydrogen-bond acceptors (Lipinski definition) is 1. The number of nitrogens with zero attached hydrogens (tertiary/aromatic N) is 2. The van der Waals surface area contributed by atoms with Crippen molar-refractivity contribution in [3.05, 3.63) is 64.3 Å². The molecule has 0 aliphatic heterocycles. The maximum Gasteiger partial charge on any atom is 0.100 e. The minimum atomic E-state index is 0.639. The van der Waals surface area contributed by atoms with E-state index >= 15 is 0 Å². The SMILES string of the molecule is CCCCC=CCc1c2cccc(-c3ccc(Cl)cc3Cl)c2nn1C. The summed E-state index contributed by atoms with van der Waals surface area (Å²) in [6.45, 7) is 2.21. The fraction of sp³-hybridized carbons (Fsp3) is 0.286. The highest BCUT2D eigenvalue weighted by atomic mass is 35.5. The van der Waals surface area contributed by atoms with Gasteiger partial charge in [0.05, 0.1) is 0 Å². The van der Waals surface area contributed by atoms with Crippen LogP contribution in [0.1, 0.15) is 31.9 Å². The molecule has 0 radical (unpaired) electrons. The molecule has 0 aliphatic carbocycles. The summed E-state index contributed by atoms with van der Waals surface area (Å²) in [5.41, 5.74) is 4.19. The molecule has 0 saturated carbocycles. The summed E-state index contributed by atoms with van der Waals surface area (Å²) in [4.78, 5) is 0. The summed E-state index contributed by atoms with van der Waals surface area (Å²) in [6.07, 6.45) is 8.99. The lowest BCUT2D eigenvalue weighted by molar-refractivity contribution is 0.737. The second-order valence-corrected chi connectivity index (χ2v) is 7.06. The molecule has 0 atom stereocenters. The van der Waals surface area contributed by atoms with Crippen LogP contribution in [0.25, 0.3) is 22.0 Å². The van der Waals surface area contributed by atoms with Crippen molar-refractivity contribution in [1.82, 2.24) is 9.78 Å². The van der Waals surface area contributed by atoms with Gasteiger partial charge in [-0.2, -0.15) is 5.10 Å². The molecule has 0 unspecified atom stereocenters. The van der Waals surface area contributed by atoms with E-state index in [9.17, 15) is 0 Å². The van der Waals surface area contributed by atoms with Crippen molar-refractivity contribution in [2.75, 3.05) is 0 Å². The second-order valence-electron chi connectivity index (χ2n) is 6.21. The van der Waals surface area contributed by atoms with Crippen molar-refractivity contribution >= 4 is 34.1 Å². The zero-order valence-electron chi connectivity index (χ0n) is 14.6. The van der Waals surface area contributed by atoms with Crippen LogP contribution < -0.4 is 0 Å². The average molecular weight is 373 g/mol. The minimum absolute atomic E-state index is 0.639. The van der Waals surface area contributed by atoms with Gasteiger partial charge in [0.2, 0.25) is 0 Å². The van der Waals surface area contributed by atoms with E-state index in [4.69, 9.17) is 28.3 Å². The molecule has 1 aromatic heterocycles. The quantitative estimate of drug-likeness (QED) is 0.342. The molecule has 0 spiro atoms. The summed E-state index contributed by atoms with van der Waals surface area (Å²) in [5, 5.41) is 7.22. The van der Waals surface area contributed by atoms with Crippen LogP contribution in [0, 0.1) is 0 Å². The van der Waals surface area contributed by atoms with Gasteiger partial charge in [-0.25, -0.2) is 0 Å². The molecule has 0 bridgehead atoms. The van der Waals surface area contributed by atoms with Gasteiger partial charge in [-0.1, -0.05) is 79.4 Å². The van der Waals surface area contributed by atoms with Gasteiger partial charge in [0.15, 0.2) is 0 Å². The summed E-state index contributed by atoms with van der Waals surface area (Å²) < 4.78 is 1.97. The second kappa shape index (κ2) is 8.07. The number of unbranched alkanes of at least 4 members (excludes halogenated alkanes) is 2. The Balaban J connectivity index is 2.00. The van der Waals surface area contributed by atoms with Gasteiger partial charge in [-0.15, -0.1) is 0 Å². The van der Waals surface area contributed by atoms with Crippen LogP contribution in [0.15, 0.2) is 48.6 Å². The van der Waals surface area contributed by atoms with Crippen molar-refractivity contribution in [2.24, 2.45) is 7.05 Å². The number of halogens is 2. The van der Waals surface area contributed by atoms with Gasteiger partial charge in [0.1, 0.15) is 5.52 Å². The number of allylic oxidation sites excluding steroid dienone is 2. The fourth-order valence-electron chi connectivity index (χ4n) is 3.07. The van der Waals surface area contributed by atoms with Crippen molar-refractivity contribution in [1.29, 1.82) is 0 Å². The molecule has 130 valence electrons. The molecule has 1 heterocycles.